The molecule has 0 saturated heterocycles. The van der Waals surface area contributed by atoms with Crippen LogP contribution in [0.1, 0.15) is 28.8 Å². The van der Waals surface area contributed by atoms with Crippen molar-refractivity contribution in [3.05, 3.63) is 77.9 Å². The fraction of sp³-hybridized carbons (Fsp3) is 0.174. The third-order valence-corrected chi connectivity index (χ3v) is 4.44. The molecule has 0 aliphatic rings. The molecule has 0 spiro atoms. The number of amides is 2. The van der Waals surface area contributed by atoms with Crippen molar-refractivity contribution in [2.24, 2.45) is 0 Å². The lowest BCUT2D eigenvalue weighted by Crippen LogP contribution is -2.43. The molecule has 29 heavy (non-hydrogen) atoms. The molecule has 148 valence electrons. The monoisotopic (exact) mass is 390 g/mol. The second-order valence-electron chi connectivity index (χ2n) is 6.64. The molecule has 0 aliphatic heterocycles. The van der Waals surface area contributed by atoms with Gasteiger partial charge in [0, 0.05) is 18.4 Å². The molecule has 0 heterocycles. The molecule has 0 atom stereocenters. The van der Waals surface area contributed by atoms with Crippen molar-refractivity contribution in [2.45, 2.75) is 19.8 Å². The Hall–Kier alpha value is -3.67. The molecular weight excluding hydrogens is 368 g/mol. The van der Waals surface area contributed by atoms with Crippen LogP contribution in [0.15, 0.2) is 66.7 Å². The van der Waals surface area contributed by atoms with Crippen LogP contribution < -0.4 is 15.6 Å². The van der Waals surface area contributed by atoms with E-state index in [4.69, 9.17) is 4.74 Å². The van der Waals surface area contributed by atoms with Gasteiger partial charge in [-0.2, -0.15) is 0 Å². The quantitative estimate of drug-likeness (QED) is 0.479. The average molecular weight is 390 g/mol. The Balaban J connectivity index is 1.41. The molecular formula is C23H22N2O4. The van der Waals surface area contributed by atoms with E-state index in [2.05, 4.69) is 10.9 Å². The first kappa shape index (κ1) is 20.1. The smallest absolute Gasteiger partial charge is 0.276 e. The molecule has 0 radical (unpaired) electrons. The molecule has 0 unspecified atom stereocenters. The van der Waals surface area contributed by atoms with E-state index >= 15 is 0 Å². The molecule has 3 aromatic rings. The van der Waals surface area contributed by atoms with E-state index in [0.29, 0.717) is 11.3 Å². The van der Waals surface area contributed by atoms with E-state index in [0.717, 1.165) is 16.3 Å². The molecule has 3 aromatic carbocycles. The Kier molecular flexibility index (Phi) is 6.58. The first-order valence-corrected chi connectivity index (χ1v) is 9.31. The SMILES string of the molecule is Cc1ccccc1OCC(=O)NNC(=O)CCC(=O)c1ccc2ccccc2c1. The van der Waals surface area contributed by atoms with Crippen LogP contribution in [0, 0.1) is 6.92 Å². The van der Waals surface area contributed by atoms with Gasteiger partial charge >= 0.3 is 0 Å². The summed E-state index contributed by atoms with van der Waals surface area (Å²) in [6.07, 6.45) is 0.0321. The minimum Gasteiger partial charge on any atom is -0.483 e. The first-order chi connectivity index (χ1) is 14.0. The molecule has 0 aliphatic carbocycles. The van der Waals surface area contributed by atoms with E-state index in [-0.39, 0.29) is 25.2 Å². The Morgan fingerprint density at radius 2 is 1.48 bits per heavy atom. The Labute approximate surface area is 168 Å². The molecule has 0 bridgehead atoms. The molecule has 6 nitrogen and oxygen atoms in total. The number of Topliss-reactive ketones (excluding diaryl/α,β-unsaturated/α-hetero) is 1. The zero-order chi connectivity index (χ0) is 20.6. The van der Waals surface area contributed by atoms with E-state index in [1.54, 1.807) is 12.1 Å². The molecule has 0 aromatic heterocycles. The fourth-order valence-electron chi connectivity index (χ4n) is 2.83. The number of fused-ring (bicyclic) bond motifs is 1. The summed E-state index contributed by atoms with van der Waals surface area (Å²) in [6, 6.07) is 20.6. The number of para-hydroxylation sites is 1. The van der Waals surface area contributed by atoms with Gasteiger partial charge in [-0.15, -0.1) is 0 Å². The van der Waals surface area contributed by atoms with Gasteiger partial charge in [-0.05, 0) is 35.4 Å². The standard InChI is InChI=1S/C23H22N2O4/c1-16-6-2-5-9-21(16)29-15-23(28)25-24-22(27)13-12-20(26)19-11-10-17-7-3-4-8-18(17)14-19/h2-11,14H,12-13,15H2,1H3,(H,24,27)(H,25,28). The number of hydrazine groups is 1. The summed E-state index contributed by atoms with van der Waals surface area (Å²) < 4.78 is 5.40. The number of ketones is 1. The highest BCUT2D eigenvalue weighted by molar-refractivity contribution is 6.01. The van der Waals surface area contributed by atoms with Gasteiger partial charge in [-0.3, -0.25) is 25.2 Å². The number of rotatable bonds is 7. The number of aryl methyl sites for hydroxylation is 1. The third-order valence-electron chi connectivity index (χ3n) is 4.44. The number of hydrogen-bond donors (Lipinski definition) is 2. The van der Waals surface area contributed by atoms with E-state index in [1.807, 2.05) is 61.5 Å². The summed E-state index contributed by atoms with van der Waals surface area (Å²) in [5, 5.41) is 2.03. The number of hydrogen-bond acceptors (Lipinski definition) is 4. The minimum atomic E-state index is -0.484. The molecule has 2 N–H and O–H groups in total. The second kappa shape index (κ2) is 9.50. The first-order valence-electron chi connectivity index (χ1n) is 9.31. The van der Waals surface area contributed by atoms with Crippen LogP contribution in [-0.4, -0.2) is 24.2 Å². The molecule has 6 heteroatoms. The van der Waals surface area contributed by atoms with E-state index in [9.17, 15) is 14.4 Å². The molecule has 2 amide bonds. The number of benzene rings is 3. The lowest BCUT2D eigenvalue weighted by Gasteiger charge is -2.10. The summed E-state index contributed by atoms with van der Waals surface area (Å²) in [4.78, 5) is 36.0. The summed E-state index contributed by atoms with van der Waals surface area (Å²) in [7, 11) is 0. The van der Waals surface area contributed by atoms with Crippen molar-refractivity contribution < 1.29 is 19.1 Å². The second-order valence-corrected chi connectivity index (χ2v) is 6.64. The van der Waals surface area contributed by atoms with Gasteiger partial charge in [-0.1, -0.05) is 54.6 Å². The van der Waals surface area contributed by atoms with Crippen LogP contribution in [0.25, 0.3) is 10.8 Å². The Morgan fingerprint density at radius 3 is 2.28 bits per heavy atom. The molecule has 0 saturated carbocycles. The number of ether oxygens (including phenoxy) is 1. The number of carbonyl (C=O) groups is 3. The lowest BCUT2D eigenvalue weighted by molar-refractivity contribution is -0.130. The maximum atomic E-state index is 12.3. The van der Waals surface area contributed by atoms with Crippen molar-refractivity contribution >= 4 is 28.4 Å². The highest BCUT2D eigenvalue weighted by atomic mass is 16.5. The van der Waals surface area contributed by atoms with E-state index in [1.165, 1.54) is 0 Å². The van der Waals surface area contributed by atoms with Crippen LogP contribution in [-0.2, 0) is 9.59 Å². The summed E-state index contributed by atoms with van der Waals surface area (Å²) in [6.45, 7) is 1.66. The zero-order valence-electron chi connectivity index (χ0n) is 16.1. The Morgan fingerprint density at radius 1 is 0.793 bits per heavy atom. The van der Waals surface area contributed by atoms with Crippen LogP contribution in [0.4, 0.5) is 0 Å². The van der Waals surface area contributed by atoms with Crippen LogP contribution in [0.3, 0.4) is 0 Å². The summed E-state index contributed by atoms with van der Waals surface area (Å²) in [5.41, 5.74) is 6.06. The molecule has 0 fully saturated rings. The Bertz CT molecular complexity index is 1050. The maximum Gasteiger partial charge on any atom is 0.276 e. The predicted molar refractivity (Wildman–Crippen MR) is 110 cm³/mol. The van der Waals surface area contributed by atoms with Crippen molar-refractivity contribution in [3.63, 3.8) is 0 Å². The highest BCUT2D eigenvalue weighted by Crippen LogP contribution is 2.17. The van der Waals surface area contributed by atoms with E-state index < -0.39 is 11.8 Å². The zero-order valence-corrected chi connectivity index (χ0v) is 16.1. The van der Waals surface area contributed by atoms with Crippen molar-refractivity contribution in [1.82, 2.24) is 10.9 Å². The van der Waals surface area contributed by atoms with Gasteiger partial charge in [0.1, 0.15) is 5.75 Å². The fourth-order valence-corrected chi connectivity index (χ4v) is 2.83. The summed E-state index contributed by atoms with van der Waals surface area (Å²) >= 11 is 0. The van der Waals surface area contributed by atoms with Gasteiger partial charge in [0.15, 0.2) is 12.4 Å². The largest absolute Gasteiger partial charge is 0.483 e. The third kappa shape index (κ3) is 5.65. The average Bonchev–Trinajstić information content (AvgIpc) is 2.75. The lowest BCUT2D eigenvalue weighted by atomic mass is 10.0. The topological polar surface area (TPSA) is 84.5 Å². The predicted octanol–water partition coefficient (Wildman–Crippen LogP) is 3.34. The van der Waals surface area contributed by atoms with Gasteiger partial charge < -0.3 is 4.74 Å². The van der Waals surface area contributed by atoms with Gasteiger partial charge in [0.05, 0.1) is 0 Å². The van der Waals surface area contributed by atoms with Crippen molar-refractivity contribution in [2.75, 3.05) is 6.61 Å². The normalized spacial score (nSPS) is 10.4. The highest BCUT2D eigenvalue weighted by Gasteiger charge is 2.11. The maximum absolute atomic E-state index is 12.3. The minimum absolute atomic E-state index is 0.0232. The number of carbonyl (C=O) groups excluding carboxylic acids is 3. The van der Waals surface area contributed by atoms with Crippen molar-refractivity contribution in [1.29, 1.82) is 0 Å². The summed E-state index contributed by atoms with van der Waals surface area (Å²) in [5.74, 6) is -0.444. The van der Waals surface area contributed by atoms with Gasteiger partial charge in [0.25, 0.3) is 5.91 Å². The van der Waals surface area contributed by atoms with Crippen molar-refractivity contribution in [3.8, 4) is 5.75 Å². The van der Waals surface area contributed by atoms with Gasteiger partial charge in [-0.25, -0.2) is 0 Å². The van der Waals surface area contributed by atoms with Crippen LogP contribution in [0.5, 0.6) is 5.75 Å². The molecule has 3 rings (SSSR count). The van der Waals surface area contributed by atoms with Crippen LogP contribution >= 0.6 is 0 Å². The number of nitrogens with one attached hydrogen (secondary N) is 2. The van der Waals surface area contributed by atoms with Gasteiger partial charge in [0.2, 0.25) is 5.91 Å². The van der Waals surface area contributed by atoms with Crippen LogP contribution in [0.2, 0.25) is 0 Å².